The van der Waals surface area contributed by atoms with Gasteiger partial charge in [0.25, 0.3) is 5.91 Å². The van der Waals surface area contributed by atoms with Crippen molar-refractivity contribution >= 4 is 46.5 Å². The van der Waals surface area contributed by atoms with Crippen molar-refractivity contribution in [3.05, 3.63) is 88.9 Å². The van der Waals surface area contributed by atoms with Gasteiger partial charge in [0, 0.05) is 10.6 Å². The van der Waals surface area contributed by atoms with Crippen LogP contribution in [0.3, 0.4) is 0 Å². The van der Waals surface area contributed by atoms with E-state index in [9.17, 15) is 4.79 Å². The summed E-state index contributed by atoms with van der Waals surface area (Å²) in [6.45, 7) is 3.12. The third-order valence-electron chi connectivity index (χ3n) is 4.82. The first-order chi connectivity index (χ1) is 16.1. The van der Waals surface area contributed by atoms with Crippen molar-refractivity contribution in [2.45, 2.75) is 18.6 Å². The van der Waals surface area contributed by atoms with Crippen LogP contribution in [0.25, 0.3) is 11.0 Å². The number of para-hydroxylation sites is 3. The Morgan fingerprint density at radius 2 is 1.88 bits per heavy atom. The van der Waals surface area contributed by atoms with E-state index < -0.39 is 0 Å². The molecule has 6 nitrogen and oxygen atoms in total. The lowest BCUT2D eigenvalue weighted by Crippen LogP contribution is -2.20. The quantitative estimate of drug-likeness (QED) is 0.199. The summed E-state index contributed by atoms with van der Waals surface area (Å²) in [6.07, 6.45) is 1.59. The van der Waals surface area contributed by atoms with Gasteiger partial charge in [0.15, 0.2) is 5.16 Å². The highest BCUT2D eigenvalue weighted by molar-refractivity contribution is 7.99. The number of nitrogens with one attached hydrogen (secondary N) is 1. The SMILES string of the molecule is CCOc1ccccc1C=NNC(=O)CSc1nc2ccccc2n1Cc1ccc(Cl)cc1. The lowest BCUT2D eigenvalue weighted by atomic mass is 10.2. The van der Waals surface area contributed by atoms with Gasteiger partial charge in [-0.1, -0.05) is 59.8 Å². The van der Waals surface area contributed by atoms with Crippen molar-refractivity contribution in [3.63, 3.8) is 0 Å². The van der Waals surface area contributed by atoms with E-state index in [0.29, 0.717) is 18.2 Å². The number of hydrogen-bond acceptors (Lipinski definition) is 5. The van der Waals surface area contributed by atoms with Crippen molar-refractivity contribution in [2.24, 2.45) is 5.10 Å². The predicted octanol–water partition coefficient (Wildman–Crippen LogP) is 5.38. The van der Waals surface area contributed by atoms with Crippen molar-refractivity contribution in [3.8, 4) is 5.75 Å². The number of nitrogens with zero attached hydrogens (tertiary/aromatic N) is 3. The topological polar surface area (TPSA) is 68.5 Å². The van der Waals surface area contributed by atoms with E-state index >= 15 is 0 Å². The maximum Gasteiger partial charge on any atom is 0.250 e. The lowest BCUT2D eigenvalue weighted by Gasteiger charge is -2.09. The molecule has 0 fully saturated rings. The zero-order chi connectivity index (χ0) is 23.0. The van der Waals surface area contributed by atoms with Crippen molar-refractivity contribution in [1.29, 1.82) is 0 Å². The normalized spacial score (nSPS) is 11.2. The summed E-state index contributed by atoms with van der Waals surface area (Å²) < 4.78 is 7.68. The number of ether oxygens (including phenoxy) is 1. The third-order valence-corrected chi connectivity index (χ3v) is 6.05. The molecule has 0 unspecified atom stereocenters. The molecule has 1 heterocycles. The summed E-state index contributed by atoms with van der Waals surface area (Å²) in [4.78, 5) is 17.1. The van der Waals surface area contributed by atoms with Crippen LogP contribution in [0.15, 0.2) is 83.1 Å². The van der Waals surface area contributed by atoms with Crippen molar-refractivity contribution < 1.29 is 9.53 Å². The molecule has 1 N–H and O–H groups in total. The summed E-state index contributed by atoms with van der Waals surface area (Å²) in [6, 6.07) is 23.2. The van der Waals surface area contributed by atoms with Gasteiger partial charge < -0.3 is 9.30 Å². The van der Waals surface area contributed by atoms with Gasteiger partial charge in [-0.05, 0) is 48.9 Å². The van der Waals surface area contributed by atoms with E-state index in [0.717, 1.165) is 33.1 Å². The summed E-state index contributed by atoms with van der Waals surface area (Å²) in [5.74, 6) is 0.701. The fraction of sp³-hybridized carbons (Fsp3) is 0.160. The Kier molecular flexibility index (Phi) is 7.65. The lowest BCUT2D eigenvalue weighted by molar-refractivity contribution is -0.118. The minimum absolute atomic E-state index is 0.189. The average molecular weight is 479 g/mol. The molecule has 4 rings (SSSR count). The van der Waals surface area contributed by atoms with Crippen LogP contribution in [0.2, 0.25) is 5.02 Å². The number of carbonyl (C=O) groups is 1. The van der Waals surface area contributed by atoms with Crippen LogP contribution >= 0.6 is 23.4 Å². The van der Waals surface area contributed by atoms with Gasteiger partial charge in [-0.15, -0.1) is 0 Å². The zero-order valence-corrected chi connectivity index (χ0v) is 19.6. The second-order valence-corrected chi connectivity index (χ2v) is 8.53. The number of rotatable bonds is 9. The molecule has 0 aliphatic heterocycles. The maximum absolute atomic E-state index is 12.4. The molecule has 1 amide bonds. The monoisotopic (exact) mass is 478 g/mol. The van der Waals surface area contributed by atoms with Gasteiger partial charge in [0.1, 0.15) is 5.75 Å². The van der Waals surface area contributed by atoms with Crippen LogP contribution in [0.4, 0.5) is 0 Å². The molecule has 1 aromatic heterocycles. The van der Waals surface area contributed by atoms with Crippen LogP contribution in [0.1, 0.15) is 18.1 Å². The molecule has 0 bridgehead atoms. The maximum atomic E-state index is 12.4. The molecule has 3 aromatic carbocycles. The molecular formula is C25H23ClN4O2S. The van der Waals surface area contributed by atoms with Crippen LogP contribution in [-0.2, 0) is 11.3 Å². The Labute approximate surface area is 201 Å². The smallest absolute Gasteiger partial charge is 0.250 e. The first kappa shape index (κ1) is 22.9. The number of halogens is 1. The number of amides is 1. The minimum atomic E-state index is -0.213. The molecule has 0 radical (unpaired) electrons. The standard InChI is InChI=1S/C25H23ClN4O2S/c1-2-32-23-10-6-3-7-19(23)15-27-29-24(31)17-33-25-28-21-8-4-5-9-22(21)30(25)16-18-11-13-20(26)14-12-18/h3-15H,2,16-17H2,1H3,(H,29,31). The largest absolute Gasteiger partial charge is 0.493 e. The number of imidazole rings is 1. The molecule has 168 valence electrons. The van der Waals surface area contributed by atoms with Crippen LogP contribution in [0, 0.1) is 0 Å². The third kappa shape index (κ3) is 5.94. The molecular weight excluding hydrogens is 456 g/mol. The highest BCUT2D eigenvalue weighted by atomic mass is 35.5. The molecule has 33 heavy (non-hydrogen) atoms. The van der Waals surface area contributed by atoms with Gasteiger partial charge in [-0.2, -0.15) is 5.10 Å². The van der Waals surface area contributed by atoms with E-state index in [1.165, 1.54) is 11.8 Å². The first-order valence-corrected chi connectivity index (χ1v) is 11.9. The zero-order valence-electron chi connectivity index (χ0n) is 18.1. The Morgan fingerprint density at radius 3 is 2.70 bits per heavy atom. The molecule has 0 aliphatic rings. The van der Waals surface area contributed by atoms with E-state index in [2.05, 4.69) is 15.1 Å². The van der Waals surface area contributed by atoms with Crippen LogP contribution in [0.5, 0.6) is 5.75 Å². The van der Waals surface area contributed by atoms with E-state index in [-0.39, 0.29) is 11.7 Å². The highest BCUT2D eigenvalue weighted by Crippen LogP contribution is 2.25. The molecule has 0 spiro atoms. The molecule has 0 atom stereocenters. The first-order valence-electron chi connectivity index (χ1n) is 10.5. The number of aromatic nitrogens is 2. The minimum Gasteiger partial charge on any atom is -0.493 e. The van der Waals surface area contributed by atoms with Crippen LogP contribution < -0.4 is 10.2 Å². The van der Waals surface area contributed by atoms with E-state index in [4.69, 9.17) is 21.3 Å². The number of carbonyl (C=O) groups excluding carboxylic acids is 1. The summed E-state index contributed by atoms with van der Waals surface area (Å²) in [5, 5.41) is 5.55. The Balaban J connectivity index is 1.43. The van der Waals surface area contributed by atoms with Crippen LogP contribution in [-0.4, -0.2) is 34.0 Å². The average Bonchev–Trinajstić information content (AvgIpc) is 3.18. The number of hydrogen-bond donors (Lipinski definition) is 1. The number of hydrazone groups is 1. The number of benzene rings is 3. The fourth-order valence-corrected chi connectivity index (χ4v) is 4.23. The molecule has 8 heteroatoms. The van der Waals surface area contributed by atoms with Gasteiger partial charge in [-0.25, -0.2) is 10.4 Å². The van der Waals surface area contributed by atoms with E-state index in [1.54, 1.807) is 6.21 Å². The Bertz CT molecular complexity index is 1270. The summed E-state index contributed by atoms with van der Waals surface area (Å²) in [5.41, 5.74) is 6.39. The van der Waals surface area contributed by atoms with Crippen molar-refractivity contribution in [1.82, 2.24) is 15.0 Å². The van der Waals surface area contributed by atoms with Gasteiger partial charge in [0.05, 0.1) is 36.2 Å². The van der Waals surface area contributed by atoms with Gasteiger partial charge in [0.2, 0.25) is 0 Å². The molecule has 0 aliphatic carbocycles. The molecule has 0 saturated heterocycles. The predicted molar refractivity (Wildman–Crippen MR) is 134 cm³/mol. The second kappa shape index (κ2) is 11.0. The van der Waals surface area contributed by atoms with E-state index in [1.807, 2.05) is 79.7 Å². The summed E-state index contributed by atoms with van der Waals surface area (Å²) in [7, 11) is 0. The second-order valence-electron chi connectivity index (χ2n) is 7.15. The number of thioether (sulfide) groups is 1. The Hall–Kier alpha value is -3.29. The van der Waals surface area contributed by atoms with Gasteiger partial charge >= 0.3 is 0 Å². The molecule has 0 saturated carbocycles. The number of fused-ring (bicyclic) bond motifs is 1. The van der Waals surface area contributed by atoms with Gasteiger partial charge in [-0.3, -0.25) is 4.79 Å². The summed E-state index contributed by atoms with van der Waals surface area (Å²) >= 11 is 7.40. The van der Waals surface area contributed by atoms with Crippen molar-refractivity contribution in [2.75, 3.05) is 12.4 Å². The highest BCUT2D eigenvalue weighted by Gasteiger charge is 2.13. The molecule has 4 aromatic rings. The fourth-order valence-electron chi connectivity index (χ4n) is 3.30. The Morgan fingerprint density at radius 1 is 1.12 bits per heavy atom.